The summed E-state index contributed by atoms with van der Waals surface area (Å²) in [5.41, 5.74) is 2.07. The third-order valence-electron chi connectivity index (χ3n) is 3.63. The molecule has 2 aromatic rings. The standard InChI is InChI=1S/C15H20N4O2/c20-15(9-12-10-21-8-6-16-12)17-5-7-19-11-18-13-3-1-2-4-14(13)19/h1-4,11-12,16H,5-10H2,(H,17,20). The molecule has 1 saturated heterocycles. The first-order valence-corrected chi connectivity index (χ1v) is 7.30. The second-order valence-corrected chi connectivity index (χ2v) is 5.21. The van der Waals surface area contributed by atoms with Gasteiger partial charge in [0.2, 0.25) is 5.91 Å². The maximum atomic E-state index is 11.9. The normalized spacial score (nSPS) is 18.8. The molecule has 112 valence electrons. The van der Waals surface area contributed by atoms with Crippen LogP contribution in [0, 0.1) is 0 Å². The van der Waals surface area contributed by atoms with Crippen molar-refractivity contribution in [3.8, 4) is 0 Å². The molecule has 0 radical (unpaired) electrons. The Morgan fingerprint density at radius 1 is 1.48 bits per heavy atom. The van der Waals surface area contributed by atoms with E-state index in [1.807, 2.05) is 30.6 Å². The zero-order valence-corrected chi connectivity index (χ0v) is 11.9. The number of morpholine rings is 1. The zero-order chi connectivity index (χ0) is 14.5. The Bertz CT molecular complexity index is 604. The molecule has 21 heavy (non-hydrogen) atoms. The van der Waals surface area contributed by atoms with Gasteiger partial charge >= 0.3 is 0 Å². The highest BCUT2D eigenvalue weighted by molar-refractivity contribution is 5.77. The van der Waals surface area contributed by atoms with Gasteiger partial charge in [0.05, 0.1) is 30.6 Å². The molecular formula is C15H20N4O2. The van der Waals surface area contributed by atoms with E-state index in [9.17, 15) is 4.79 Å². The number of nitrogens with zero attached hydrogens (tertiary/aromatic N) is 2. The highest BCUT2D eigenvalue weighted by atomic mass is 16.5. The van der Waals surface area contributed by atoms with Crippen molar-refractivity contribution in [3.63, 3.8) is 0 Å². The van der Waals surface area contributed by atoms with Crippen LogP contribution in [0.2, 0.25) is 0 Å². The lowest BCUT2D eigenvalue weighted by Gasteiger charge is -2.23. The number of carbonyl (C=O) groups is 1. The minimum atomic E-state index is 0.0578. The van der Waals surface area contributed by atoms with Gasteiger partial charge in [-0.2, -0.15) is 0 Å². The van der Waals surface area contributed by atoms with Gasteiger partial charge in [-0.3, -0.25) is 4.79 Å². The molecule has 1 unspecified atom stereocenters. The summed E-state index contributed by atoms with van der Waals surface area (Å²) in [5.74, 6) is 0.0578. The van der Waals surface area contributed by atoms with Gasteiger partial charge in [-0.1, -0.05) is 12.1 Å². The first-order chi connectivity index (χ1) is 10.3. The quantitative estimate of drug-likeness (QED) is 0.842. The molecule has 1 aliphatic rings. The first-order valence-electron chi connectivity index (χ1n) is 7.30. The Labute approximate surface area is 123 Å². The molecule has 1 atom stereocenters. The van der Waals surface area contributed by atoms with Crippen LogP contribution in [0.25, 0.3) is 11.0 Å². The van der Waals surface area contributed by atoms with Crippen LogP contribution in [-0.4, -0.2) is 47.8 Å². The molecule has 6 nitrogen and oxygen atoms in total. The van der Waals surface area contributed by atoms with Crippen LogP contribution in [0.5, 0.6) is 0 Å². The van der Waals surface area contributed by atoms with Gasteiger partial charge in [0.1, 0.15) is 0 Å². The number of amides is 1. The molecule has 0 spiro atoms. The number of hydrogen-bond donors (Lipinski definition) is 2. The van der Waals surface area contributed by atoms with Gasteiger partial charge in [-0.15, -0.1) is 0 Å². The Kier molecular flexibility index (Phi) is 4.47. The molecule has 1 aromatic carbocycles. The third kappa shape index (κ3) is 3.59. The summed E-state index contributed by atoms with van der Waals surface area (Å²) in [7, 11) is 0. The molecule has 1 amide bonds. The molecule has 1 fully saturated rings. The summed E-state index contributed by atoms with van der Waals surface area (Å²) in [5, 5.41) is 6.23. The number of imidazole rings is 1. The van der Waals surface area contributed by atoms with Crippen molar-refractivity contribution in [2.75, 3.05) is 26.3 Å². The Morgan fingerprint density at radius 2 is 2.38 bits per heavy atom. The van der Waals surface area contributed by atoms with Crippen LogP contribution in [0.4, 0.5) is 0 Å². The van der Waals surface area contributed by atoms with Gasteiger partial charge in [0.15, 0.2) is 0 Å². The van der Waals surface area contributed by atoms with Crippen LogP contribution in [0.3, 0.4) is 0 Å². The summed E-state index contributed by atoms with van der Waals surface area (Å²) in [6, 6.07) is 8.12. The van der Waals surface area contributed by atoms with E-state index in [4.69, 9.17) is 4.74 Å². The number of carbonyl (C=O) groups excluding carboxylic acids is 1. The average molecular weight is 288 g/mol. The second kappa shape index (κ2) is 6.69. The maximum absolute atomic E-state index is 11.9. The molecule has 2 N–H and O–H groups in total. The molecular weight excluding hydrogens is 268 g/mol. The number of benzene rings is 1. The number of para-hydroxylation sites is 2. The Balaban J connectivity index is 1.46. The van der Waals surface area contributed by atoms with Crippen LogP contribution in [0.15, 0.2) is 30.6 Å². The van der Waals surface area contributed by atoms with Crippen molar-refractivity contribution < 1.29 is 9.53 Å². The van der Waals surface area contributed by atoms with E-state index in [2.05, 4.69) is 20.2 Å². The minimum Gasteiger partial charge on any atom is -0.378 e. The predicted molar refractivity (Wildman–Crippen MR) is 80.0 cm³/mol. The smallest absolute Gasteiger partial charge is 0.221 e. The van der Waals surface area contributed by atoms with E-state index in [1.54, 1.807) is 0 Å². The summed E-state index contributed by atoms with van der Waals surface area (Å²) in [6.45, 7) is 3.48. The zero-order valence-electron chi connectivity index (χ0n) is 11.9. The molecule has 0 aliphatic carbocycles. The Morgan fingerprint density at radius 3 is 3.24 bits per heavy atom. The lowest BCUT2D eigenvalue weighted by molar-refractivity contribution is -0.122. The van der Waals surface area contributed by atoms with E-state index < -0.39 is 0 Å². The molecule has 3 rings (SSSR count). The lowest BCUT2D eigenvalue weighted by atomic mass is 10.2. The van der Waals surface area contributed by atoms with E-state index in [-0.39, 0.29) is 11.9 Å². The van der Waals surface area contributed by atoms with E-state index in [1.165, 1.54) is 0 Å². The fourth-order valence-electron chi connectivity index (χ4n) is 2.55. The topological polar surface area (TPSA) is 68.2 Å². The van der Waals surface area contributed by atoms with Crippen LogP contribution >= 0.6 is 0 Å². The predicted octanol–water partition coefficient (Wildman–Crippen LogP) is 0.531. The van der Waals surface area contributed by atoms with E-state index in [0.717, 1.165) is 30.7 Å². The van der Waals surface area contributed by atoms with Gasteiger partial charge in [0.25, 0.3) is 0 Å². The largest absolute Gasteiger partial charge is 0.378 e. The summed E-state index contributed by atoms with van der Waals surface area (Å²) in [6.07, 6.45) is 2.28. The van der Waals surface area contributed by atoms with E-state index in [0.29, 0.717) is 19.6 Å². The van der Waals surface area contributed by atoms with Gasteiger partial charge in [0, 0.05) is 32.1 Å². The number of ether oxygens (including phenoxy) is 1. The highest BCUT2D eigenvalue weighted by Gasteiger charge is 2.16. The fraction of sp³-hybridized carbons (Fsp3) is 0.467. The maximum Gasteiger partial charge on any atom is 0.221 e. The molecule has 6 heteroatoms. The summed E-state index contributed by atoms with van der Waals surface area (Å²) in [4.78, 5) is 16.2. The van der Waals surface area contributed by atoms with Crippen LogP contribution in [0.1, 0.15) is 6.42 Å². The molecule has 1 aromatic heterocycles. The van der Waals surface area contributed by atoms with Gasteiger partial charge < -0.3 is 19.9 Å². The molecule has 2 heterocycles. The average Bonchev–Trinajstić information content (AvgIpc) is 2.92. The van der Waals surface area contributed by atoms with Crippen molar-refractivity contribution in [1.29, 1.82) is 0 Å². The molecule has 0 saturated carbocycles. The summed E-state index contributed by atoms with van der Waals surface area (Å²) < 4.78 is 7.39. The summed E-state index contributed by atoms with van der Waals surface area (Å²) >= 11 is 0. The van der Waals surface area contributed by atoms with Crippen molar-refractivity contribution in [2.24, 2.45) is 0 Å². The monoisotopic (exact) mass is 288 g/mol. The minimum absolute atomic E-state index is 0.0578. The number of fused-ring (bicyclic) bond motifs is 1. The van der Waals surface area contributed by atoms with Gasteiger partial charge in [-0.05, 0) is 12.1 Å². The van der Waals surface area contributed by atoms with Gasteiger partial charge in [-0.25, -0.2) is 4.98 Å². The van der Waals surface area contributed by atoms with Crippen molar-refractivity contribution in [3.05, 3.63) is 30.6 Å². The SMILES string of the molecule is O=C(CC1COCCN1)NCCn1cnc2ccccc21. The second-order valence-electron chi connectivity index (χ2n) is 5.21. The number of rotatable bonds is 5. The lowest BCUT2D eigenvalue weighted by Crippen LogP contribution is -2.44. The number of nitrogens with one attached hydrogen (secondary N) is 2. The van der Waals surface area contributed by atoms with Crippen molar-refractivity contribution in [2.45, 2.75) is 19.0 Å². The van der Waals surface area contributed by atoms with Crippen molar-refractivity contribution >= 4 is 16.9 Å². The fourth-order valence-corrected chi connectivity index (χ4v) is 2.55. The number of hydrogen-bond acceptors (Lipinski definition) is 4. The first kappa shape index (κ1) is 14.0. The highest BCUT2D eigenvalue weighted by Crippen LogP contribution is 2.11. The van der Waals surface area contributed by atoms with Crippen LogP contribution < -0.4 is 10.6 Å². The molecule has 0 bridgehead atoms. The third-order valence-corrected chi connectivity index (χ3v) is 3.63. The van der Waals surface area contributed by atoms with E-state index >= 15 is 0 Å². The van der Waals surface area contributed by atoms with Crippen LogP contribution in [-0.2, 0) is 16.1 Å². The van der Waals surface area contributed by atoms with Crippen molar-refractivity contribution in [1.82, 2.24) is 20.2 Å². The molecule has 1 aliphatic heterocycles. The number of aromatic nitrogens is 2. The Hall–Kier alpha value is -1.92.